The van der Waals surface area contributed by atoms with Crippen LogP contribution >= 0.6 is 0 Å². The van der Waals surface area contributed by atoms with Gasteiger partial charge in [-0.15, -0.1) is 0 Å². The highest BCUT2D eigenvalue weighted by Crippen LogP contribution is 2.37. The number of nitrogens with zero attached hydrogens (tertiary/aromatic N) is 14. The molecule has 6 aromatic rings. The summed E-state index contributed by atoms with van der Waals surface area (Å²) < 4.78 is 7.23. The maximum absolute atomic E-state index is 14.2. The van der Waals surface area contributed by atoms with Crippen LogP contribution in [0.15, 0.2) is 37.7 Å². The molecule has 0 bridgehead atoms. The van der Waals surface area contributed by atoms with Crippen molar-refractivity contribution in [1.29, 1.82) is 0 Å². The zero-order valence-corrected chi connectivity index (χ0v) is 41.9. The Morgan fingerprint density at radius 2 is 1.03 bits per heavy atom. The molecule has 6 aromatic heterocycles. The Bertz CT molecular complexity index is 2780. The first-order valence-corrected chi connectivity index (χ1v) is 25.5. The molecular formula is C47H66N20O7. The number of hydrogen-bond donors (Lipinski definition) is 10. The third-order valence-corrected chi connectivity index (χ3v) is 14.6. The quantitative estimate of drug-likeness (QED) is 0.0526. The van der Waals surface area contributed by atoms with Crippen LogP contribution in [0.5, 0.6) is 0 Å². The van der Waals surface area contributed by atoms with E-state index in [0.29, 0.717) is 111 Å². The van der Waals surface area contributed by atoms with E-state index < -0.39 is 48.6 Å². The summed E-state index contributed by atoms with van der Waals surface area (Å²) in [6.07, 6.45) is 9.28. The third kappa shape index (κ3) is 10.4. The van der Waals surface area contributed by atoms with Gasteiger partial charge in [-0.2, -0.15) is 19.9 Å². The lowest BCUT2D eigenvalue weighted by Crippen LogP contribution is -2.42. The van der Waals surface area contributed by atoms with E-state index in [0.717, 1.165) is 11.4 Å². The zero-order valence-electron chi connectivity index (χ0n) is 41.9. The normalized spacial score (nSPS) is 25.8. The molecule has 2 saturated carbocycles. The molecule has 0 radical (unpaired) electrons. The molecule has 10 rings (SSSR count). The number of imidazole rings is 4. The molecule has 4 fully saturated rings. The van der Waals surface area contributed by atoms with Gasteiger partial charge in [0.25, 0.3) is 0 Å². The molecule has 10 N–H and O–H groups in total. The van der Waals surface area contributed by atoms with Gasteiger partial charge in [0.15, 0.2) is 34.0 Å². The highest BCUT2D eigenvalue weighted by atomic mass is 16.3. The summed E-state index contributed by atoms with van der Waals surface area (Å²) in [7, 11) is 3.82. The minimum absolute atomic E-state index is 0.0985. The molecule has 0 unspecified atom stereocenters. The molecule has 2 aliphatic heterocycles. The number of rotatable bonds is 18. The number of urea groups is 1. The van der Waals surface area contributed by atoms with Crippen molar-refractivity contribution in [3.8, 4) is 0 Å². The van der Waals surface area contributed by atoms with Crippen molar-refractivity contribution in [2.45, 2.75) is 126 Å². The first-order valence-electron chi connectivity index (χ1n) is 25.5. The summed E-state index contributed by atoms with van der Waals surface area (Å²) in [6.45, 7) is 6.23. The van der Waals surface area contributed by atoms with Crippen LogP contribution in [0.2, 0.25) is 0 Å². The van der Waals surface area contributed by atoms with E-state index in [1.165, 1.54) is 0 Å². The second-order valence-electron chi connectivity index (χ2n) is 19.9. The van der Waals surface area contributed by atoms with Crippen LogP contribution in [0.25, 0.3) is 22.3 Å². The molecule has 0 aromatic carbocycles. The number of aryl methyl sites for hydroxylation is 2. The van der Waals surface area contributed by atoms with Crippen LogP contribution in [0, 0.1) is 0 Å². The second kappa shape index (κ2) is 21.3. The zero-order chi connectivity index (χ0) is 51.8. The van der Waals surface area contributed by atoms with Gasteiger partial charge in [0.05, 0.1) is 60.9 Å². The van der Waals surface area contributed by atoms with Crippen molar-refractivity contribution in [2.75, 3.05) is 60.5 Å². The highest BCUT2D eigenvalue weighted by Gasteiger charge is 2.45. The summed E-state index contributed by atoms with van der Waals surface area (Å²) in [5.74, 6) is 1.11. The van der Waals surface area contributed by atoms with Gasteiger partial charge in [-0.05, 0) is 25.7 Å². The highest BCUT2D eigenvalue weighted by molar-refractivity contribution is 5.86. The van der Waals surface area contributed by atoms with Gasteiger partial charge in [0.2, 0.25) is 23.7 Å². The number of carbonyl (C=O) groups is 3. The molecule has 27 nitrogen and oxygen atoms in total. The standard InChI is InChI=1S/C47H66N20O7/c1-5-33(68)56-29-15-31(39(72)37(29)70)66-23-52-35-41(58-45(60-43(35)66)48-11-7-25-17-62(3)21-50-25)54-27-9-13-64(19-27)47(74)65-14-10-28(20-65)55-42-36-44(61-46(59-42)49-12-8-26-18-63(4)22-51-26)67(24-53-36)32-16-30(38(71)40(32)73)57-34(69)6-2/h17-18,21-24,27-32,37-40,70-73H,5-16,19-20H2,1-4H3,(H,56,68)(H,57,69)(H2,48,54,58,60)(H2,49,55,59,61)/t27-,28-,29+,30+,31-,32-,37-,38-,39+,40+/m1/s1. The molecule has 8 heterocycles. The number of aromatic nitrogens is 12. The van der Waals surface area contributed by atoms with Gasteiger partial charge < -0.3 is 80.4 Å². The van der Waals surface area contributed by atoms with Gasteiger partial charge in [-0.1, -0.05) is 13.8 Å². The maximum atomic E-state index is 14.2. The van der Waals surface area contributed by atoms with Crippen molar-refractivity contribution in [3.05, 3.63) is 49.1 Å². The molecule has 27 heteroatoms. The fourth-order valence-electron chi connectivity index (χ4n) is 10.6. The molecular weight excluding hydrogens is 957 g/mol. The van der Waals surface area contributed by atoms with E-state index in [1.54, 1.807) is 48.3 Å². The molecule has 74 heavy (non-hydrogen) atoms. The first kappa shape index (κ1) is 50.3. The number of amides is 4. The van der Waals surface area contributed by atoms with Crippen molar-refractivity contribution in [1.82, 2.24) is 78.6 Å². The molecule has 4 aliphatic rings. The minimum Gasteiger partial charge on any atom is -0.388 e. The number of anilines is 4. The van der Waals surface area contributed by atoms with Crippen LogP contribution in [-0.2, 0) is 36.5 Å². The number of nitrogens with one attached hydrogen (secondary N) is 6. The number of fused-ring (bicyclic) bond motifs is 2. The maximum Gasteiger partial charge on any atom is 0.320 e. The lowest BCUT2D eigenvalue weighted by Gasteiger charge is -2.25. The number of aliphatic hydroxyl groups excluding tert-OH is 4. The lowest BCUT2D eigenvalue weighted by atomic mass is 10.2. The Labute approximate surface area is 425 Å². The Morgan fingerprint density at radius 1 is 0.595 bits per heavy atom. The summed E-state index contributed by atoms with van der Waals surface area (Å²) in [5, 5.41) is 63.7. The molecule has 4 amide bonds. The number of carbonyl (C=O) groups excluding carboxylic acids is 3. The van der Waals surface area contributed by atoms with Crippen LogP contribution in [0.1, 0.15) is 75.8 Å². The van der Waals surface area contributed by atoms with Crippen LogP contribution in [-0.4, -0.2) is 194 Å². The van der Waals surface area contributed by atoms with Crippen LogP contribution in [0.4, 0.5) is 28.3 Å². The van der Waals surface area contributed by atoms with E-state index in [9.17, 15) is 34.8 Å². The van der Waals surface area contributed by atoms with E-state index in [1.807, 2.05) is 45.4 Å². The number of hydrogen-bond acceptors (Lipinski definition) is 19. The fourth-order valence-corrected chi connectivity index (χ4v) is 10.6. The Balaban J connectivity index is 0.825. The lowest BCUT2D eigenvalue weighted by molar-refractivity contribution is -0.123. The van der Waals surface area contributed by atoms with E-state index in [4.69, 9.17) is 29.9 Å². The van der Waals surface area contributed by atoms with Gasteiger partial charge in [-0.3, -0.25) is 9.59 Å². The molecule has 2 saturated heterocycles. The number of likely N-dealkylation sites (tertiary alicyclic amines) is 2. The Kier molecular flexibility index (Phi) is 14.5. The monoisotopic (exact) mass is 1020 g/mol. The van der Waals surface area contributed by atoms with Gasteiger partial charge >= 0.3 is 6.03 Å². The summed E-state index contributed by atoms with van der Waals surface area (Å²) in [6, 6.07) is -3.02. The smallest absolute Gasteiger partial charge is 0.320 e. The second-order valence-corrected chi connectivity index (χ2v) is 19.9. The van der Waals surface area contributed by atoms with Crippen molar-refractivity contribution in [2.24, 2.45) is 14.1 Å². The topological polar surface area (TPSA) is 334 Å². The average Bonchev–Trinajstić information content (AvgIpc) is 4.28. The summed E-state index contributed by atoms with van der Waals surface area (Å²) >= 11 is 0. The Morgan fingerprint density at radius 3 is 1.42 bits per heavy atom. The molecule has 0 spiro atoms. The van der Waals surface area contributed by atoms with Crippen LogP contribution < -0.4 is 31.9 Å². The fraction of sp³-hybridized carbons (Fsp3) is 0.596. The average molecular weight is 1020 g/mol. The van der Waals surface area contributed by atoms with Gasteiger partial charge in [0.1, 0.15) is 24.4 Å². The first-order chi connectivity index (χ1) is 35.7. The Hall–Kier alpha value is -7.23. The minimum atomic E-state index is -1.19. The summed E-state index contributed by atoms with van der Waals surface area (Å²) in [5.41, 5.74) is 3.58. The van der Waals surface area contributed by atoms with E-state index >= 15 is 0 Å². The molecule has 396 valence electrons. The van der Waals surface area contributed by atoms with Gasteiger partial charge in [-0.25, -0.2) is 24.7 Å². The third-order valence-electron chi connectivity index (χ3n) is 14.6. The summed E-state index contributed by atoms with van der Waals surface area (Å²) in [4.78, 5) is 80.0. The van der Waals surface area contributed by atoms with E-state index in [-0.39, 0.29) is 55.6 Å². The largest absolute Gasteiger partial charge is 0.388 e. The van der Waals surface area contributed by atoms with Crippen molar-refractivity contribution in [3.63, 3.8) is 0 Å². The predicted octanol–water partition coefficient (Wildman–Crippen LogP) is -0.342. The number of aliphatic hydroxyl groups is 4. The SMILES string of the molecule is CCC(=O)N[C@H]1C[C@@H](n2cnc3c(N[C@@H]4CCN(C(=O)N5CC[C@@H](Nc6nc(NCCc7cn(C)cn7)nc7c6ncn7[C@@H]6C[C@H](NC(=O)CC)[C@@H](O)[C@H]6O)C5)C4)nc(NCCc4cn(C)cn4)nc32)[C@H](O)[C@@H]1O. The van der Waals surface area contributed by atoms with Gasteiger partial charge in [0, 0.05) is 104 Å². The van der Waals surface area contributed by atoms with Crippen molar-refractivity contribution >= 4 is 63.7 Å². The molecule has 10 atom stereocenters. The van der Waals surface area contributed by atoms with E-state index in [2.05, 4.69) is 41.9 Å². The van der Waals surface area contributed by atoms with Crippen LogP contribution in [0.3, 0.4) is 0 Å². The predicted molar refractivity (Wildman–Crippen MR) is 270 cm³/mol. The molecule has 2 aliphatic carbocycles. The van der Waals surface area contributed by atoms with Crippen molar-refractivity contribution < 1.29 is 34.8 Å².